The highest BCUT2D eigenvalue weighted by atomic mass is 16.3. The Morgan fingerprint density at radius 2 is 1.88 bits per heavy atom. The van der Waals surface area contributed by atoms with Crippen molar-refractivity contribution in [3.05, 3.63) is 23.8 Å². The van der Waals surface area contributed by atoms with Gasteiger partial charge in [-0.2, -0.15) is 0 Å². The van der Waals surface area contributed by atoms with E-state index in [2.05, 4.69) is 18.2 Å². The summed E-state index contributed by atoms with van der Waals surface area (Å²) in [5.41, 5.74) is 0.818. The Hall–Kier alpha value is -1.66. The molecule has 1 aromatic carbocycles. The lowest BCUT2D eigenvalue weighted by atomic mass is 10.1. The molecule has 0 fully saturated rings. The Morgan fingerprint density at radius 1 is 1.29 bits per heavy atom. The molecule has 92 valence electrons. The maximum absolute atomic E-state index is 9.41. The van der Waals surface area contributed by atoms with Crippen molar-refractivity contribution < 1.29 is 10.2 Å². The molecule has 3 nitrogen and oxygen atoms in total. The van der Waals surface area contributed by atoms with Crippen molar-refractivity contribution in [1.29, 1.82) is 0 Å². The summed E-state index contributed by atoms with van der Waals surface area (Å²) in [6, 6.07) is 4.55. The summed E-state index contributed by atoms with van der Waals surface area (Å²) in [5.74, 6) is 2.81. The molecule has 0 saturated heterocycles. The third-order valence-corrected chi connectivity index (χ3v) is 2.65. The Balaban J connectivity index is 2.75. The second-order valence-electron chi connectivity index (χ2n) is 4.18. The van der Waals surface area contributed by atoms with Crippen LogP contribution in [0, 0.1) is 12.3 Å². The van der Waals surface area contributed by atoms with E-state index < -0.39 is 0 Å². The number of nitrogens with one attached hydrogen (secondary N) is 1. The first-order valence-corrected chi connectivity index (χ1v) is 5.82. The molecule has 0 spiro atoms. The minimum absolute atomic E-state index is 0.0133. The van der Waals surface area contributed by atoms with E-state index in [1.54, 1.807) is 12.1 Å². The third-order valence-electron chi connectivity index (χ3n) is 2.65. The molecule has 0 heterocycles. The van der Waals surface area contributed by atoms with E-state index in [0.29, 0.717) is 0 Å². The average molecular weight is 233 g/mol. The van der Waals surface area contributed by atoms with Crippen LogP contribution in [0.4, 0.5) is 0 Å². The van der Waals surface area contributed by atoms with Crippen LogP contribution in [0.2, 0.25) is 0 Å². The lowest BCUT2D eigenvalue weighted by molar-refractivity contribution is 0.442. The molecule has 0 radical (unpaired) electrons. The molecule has 0 bridgehead atoms. The van der Waals surface area contributed by atoms with Crippen LogP contribution in [0.15, 0.2) is 18.2 Å². The molecule has 1 aromatic rings. The fraction of sp³-hybridized carbons (Fsp3) is 0.429. The van der Waals surface area contributed by atoms with Crippen LogP contribution >= 0.6 is 0 Å². The zero-order valence-electron chi connectivity index (χ0n) is 10.3. The molecule has 0 amide bonds. The Labute approximate surface area is 102 Å². The second kappa shape index (κ2) is 6.17. The zero-order valence-corrected chi connectivity index (χ0v) is 10.3. The standard InChI is InChI=1S/C14H19NO2/c1-4-6-12(5-2)15-10(3)11-7-13(16)9-14(17)8-11/h2,7-10,12,15-17H,4,6H2,1,3H3. The van der Waals surface area contributed by atoms with Crippen molar-refractivity contribution in [2.75, 3.05) is 0 Å². The predicted molar refractivity (Wildman–Crippen MR) is 68.9 cm³/mol. The molecule has 0 aromatic heterocycles. The highest BCUT2D eigenvalue weighted by Crippen LogP contribution is 2.25. The molecule has 0 aliphatic heterocycles. The molecule has 1 rings (SSSR count). The van der Waals surface area contributed by atoms with Gasteiger partial charge < -0.3 is 10.2 Å². The summed E-state index contributed by atoms with van der Waals surface area (Å²) in [4.78, 5) is 0. The lowest BCUT2D eigenvalue weighted by Crippen LogP contribution is -2.30. The van der Waals surface area contributed by atoms with E-state index in [-0.39, 0.29) is 23.6 Å². The molecule has 2 unspecified atom stereocenters. The number of benzene rings is 1. The number of terminal acetylenes is 1. The monoisotopic (exact) mass is 233 g/mol. The van der Waals surface area contributed by atoms with Crippen LogP contribution in [-0.4, -0.2) is 16.3 Å². The summed E-state index contributed by atoms with van der Waals surface area (Å²) < 4.78 is 0. The molecular formula is C14H19NO2. The number of rotatable bonds is 5. The number of hydrogen-bond donors (Lipinski definition) is 3. The van der Waals surface area contributed by atoms with Crippen LogP contribution in [0.1, 0.15) is 38.3 Å². The number of hydrogen-bond acceptors (Lipinski definition) is 3. The summed E-state index contributed by atoms with van der Waals surface area (Å²) in [6.45, 7) is 4.03. The Bertz CT molecular complexity index is 389. The largest absolute Gasteiger partial charge is 0.508 e. The number of phenolic OH excluding ortho intramolecular Hbond substituents is 2. The van der Waals surface area contributed by atoms with Gasteiger partial charge in [0.1, 0.15) is 11.5 Å². The minimum atomic E-state index is -0.0133. The second-order valence-corrected chi connectivity index (χ2v) is 4.18. The maximum Gasteiger partial charge on any atom is 0.119 e. The van der Waals surface area contributed by atoms with Gasteiger partial charge in [-0.3, -0.25) is 5.32 Å². The molecule has 0 aliphatic carbocycles. The minimum Gasteiger partial charge on any atom is -0.508 e. The first-order chi connectivity index (χ1) is 8.06. The number of aromatic hydroxyl groups is 2. The van der Waals surface area contributed by atoms with Gasteiger partial charge >= 0.3 is 0 Å². The van der Waals surface area contributed by atoms with Crippen LogP contribution in [0.5, 0.6) is 11.5 Å². The van der Waals surface area contributed by atoms with Gasteiger partial charge in [-0.15, -0.1) is 6.42 Å². The van der Waals surface area contributed by atoms with Gasteiger partial charge in [0.2, 0.25) is 0 Å². The van der Waals surface area contributed by atoms with Gasteiger partial charge in [0.15, 0.2) is 0 Å². The normalized spacial score (nSPS) is 13.9. The summed E-state index contributed by atoms with van der Waals surface area (Å²) in [6.07, 6.45) is 7.36. The summed E-state index contributed by atoms with van der Waals surface area (Å²) in [7, 11) is 0. The molecule has 17 heavy (non-hydrogen) atoms. The van der Waals surface area contributed by atoms with E-state index in [4.69, 9.17) is 6.42 Å². The van der Waals surface area contributed by atoms with Crippen molar-refractivity contribution in [3.8, 4) is 23.8 Å². The van der Waals surface area contributed by atoms with Crippen molar-refractivity contribution in [1.82, 2.24) is 5.32 Å². The molecule has 0 aliphatic rings. The van der Waals surface area contributed by atoms with Gasteiger partial charge in [-0.1, -0.05) is 19.3 Å². The maximum atomic E-state index is 9.41. The van der Waals surface area contributed by atoms with Crippen LogP contribution in [-0.2, 0) is 0 Å². The van der Waals surface area contributed by atoms with Crippen molar-refractivity contribution in [3.63, 3.8) is 0 Å². The van der Waals surface area contributed by atoms with E-state index in [9.17, 15) is 10.2 Å². The highest BCUT2D eigenvalue weighted by molar-refractivity contribution is 5.38. The molecule has 3 N–H and O–H groups in total. The quantitative estimate of drug-likeness (QED) is 0.685. The average Bonchev–Trinajstić information content (AvgIpc) is 2.27. The lowest BCUT2D eigenvalue weighted by Gasteiger charge is -2.19. The first kappa shape index (κ1) is 13.4. The molecule has 3 heteroatoms. The summed E-state index contributed by atoms with van der Waals surface area (Å²) >= 11 is 0. The molecule has 0 saturated carbocycles. The smallest absolute Gasteiger partial charge is 0.119 e. The van der Waals surface area contributed by atoms with Crippen molar-refractivity contribution in [2.45, 2.75) is 38.8 Å². The van der Waals surface area contributed by atoms with Gasteiger partial charge in [-0.25, -0.2) is 0 Å². The van der Waals surface area contributed by atoms with Crippen molar-refractivity contribution in [2.24, 2.45) is 0 Å². The Kier molecular flexibility index (Phi) is 4.86. The van der Waals surface area contributed by atoms with Crippen LogP contribution in [0.3, 0.4) is 0 Å². The topological polar surface area (TPSA) is 52.5 Å². The summed E-state index contributed by atoms with van der Waals surface area (Å²) in [5, 5.41) is 22.1. The van der Waals surface area contributed by atoms with Gasteiger partial charge in [0.05, 0.1) is 6.04 Å². The zero-order chi connectivity index (χ0) is 12.8. The predicted octanol–water partition coefficient (Wildman–Crippen LogP) is 2.55. The molecular weight excluding hydrogens is 214 g/mol. The van der Waals surface area contributed by atoms with E-state index in [1.165, 1.54) is 6.07 Å². The van der Waals surface area contributed by atoms with Gasteiger partial charge in [0.25, 0.3) is 0 Å². The Morgan fingerprint density at radius 3 is 2.35 bits per heavy atom. The molecule has 2 atom stereocenters. The van der Waals surface area contributed by atoms with Crippen molar-refractivity contribution >= 4 is 0 Å². The van der Waals surface area contributed by atoms with Gasteiger partial charge in [0, 0.05) is 12.1 Å². The SMILES string of the molecule is C#CC(CCC)NC(C)c1cc(O)cc(O)c1. The van der Waals surface area contributed by atoms with E-state index in [1.807, 2.05) is 6.92 Å². The fourth-order valence-corrected chi connectivity index (χ4v) is 1.77. The van der Waals surface area contributed by atoms with E-state index in [0.717, 1.165) is 18.4 Å². The van der Waals surface area contributed by atoms with Crippen LogP contribution < -0.4 is 5.32 Å². The fourth-order valence-electron chi connectivity index (χ4n) is 1.77. The third kappa shape index (κ3) is 4.01. The first-order valence-electron chi connectivity index (χ1n) is 5.82. The van der Waals surface area contributed by atoms with Crippen LogP contribution in [0.25, 0.3) is 0 Å². The highest BCUT2D eigenvalue weighted by Gasteiger charge is 2.12. The number of phenols is 2. The van der Waals surface area contributed by atoms with E-state index >= 15 is 0 Å². The van der Waals surface area contributed by atoms with Gasteiger partial charge in [-0.05, 0) is 31.0 Å².